The lowest BCUT2D eigenvalue weighted by Gasteiger charge is -2.21. The van der Waals surface area contributed by atoms with Crippen molar-refractivity contribution in [1.29, 1.82) is 0 Å². The van der Waals surface area contributed by atoms with Gasteiger partial charge in [0.15, 0.2) is 0 Å². The summed E-state index contributed by atoms with van der Waals surface area (Å²) in [5.74, 6) is 1.36. The summed E-state index contributed by atoms with van der Waals surface area (Å²) in [5, 5.41) is 0. The maximum Gasteiger partial charge on any atom is 0.122 e. The van der Waals surface area contributed by atoms with Gasteiger partial charge in [-0.05, 0) is 79.5 Å². The Morgan fingerprint density at radius 1 is 0.926 bits per heavy atom. The van der Waals surface area contributed by atoms with E-state index in [9.17, 15) is 0 Å². The largest absolute Gasteiger partial charge is 0.490 e. The monoisotopic (exact) mass is 357 g/mol. The van der Waals surface area contributed by atoms with Gasteiger partial charge in [-0.2, -0.15) is 0 Å². The van der Waals surface area contributed by atoms with Gasteiger partial charge in [0.2, 0.25) is 0 Å². The van der Waals surface area contributed by atoms with Gasteiger partial charge in [0.25, 0.3) is 0 Å². The van der Waals surface area contributed by atoms with Crippen LogP contribution in [-0.2, 0) is 6.42 Å². The van der Waals surface area contributed by atoms with E-state index in [2.05, 4.69) is 72.6 Å². The van der Waals surface area contributed by atoms with Gasteiger partial charge < -0.3 is 4.74 Å². The number of hydrogen-bond acceptors (Lipinski definition) is 2. The lowest BCUT2D eigenvalue weighted by atomic mass is 9.85. The maximum absolute atomic E-state index is 6.37. The van der Waals surface area contributed by atoms with Crippen LogP contribution in [0, 0.1) is 6.92 Å². The number of aryl methyl sites for hydroxylation is 1. The van der Waals surface area contributed by atoms with Crippen LogP contribution in [0.4, 0.5) is 0 Å². The van der Waals surface area contributed by atoms with Crippen LogP contribution in [0.1, 0.15) is 53.9 Å². The Morgan fingerprint density at radius 3 is 2.41 bits per heavy atom. The van der Waals surface area contributed by atoms with Gasteiger partial charge in [-0.1, -0.05) is 42.5 Å². The number of nitrogens with zero attached hydrogens (tertiary/aromatic N) is 1. The molecule has 1 aliphatic carbocycles. The number of hydrogen-bond donors (Lipinski definition) is 0. The zero-order valence-corrected chi connectivity index (χ0v) is 16.0. The van der Waals surface area contributed by atoms with E-state index in [1.165, 1.54) is 47.9 Å². The molecule has 27 heavy (non-hydrogen) atoms. The summed E-state index contributed by atoms with van der Waals surface area (Å²) >= 11 is 0. The van der Waals surface area contributed by atoms with Gasteiger partial charge in [0, 0.05) is 18.3 Å². The molecule has 3 aromatic rings. The van der Waals surface area contributed by atoms with E-state index in [1.54, 1.807) is 0 Å². The summed E-state index contributed by atoms with van der Waals surface area (Å²) in [6, 6.07) is 21.7. The van der Waals surface area contributed by atoms with Crippen LogP contribution in [0.2, 0.25) is 0 Å². The first kappa shape index (κ1) is 17.8. The van der Waals surface area contributed by atoms with Crippen molar-refractivity contribution in [1.82, 2.24) is 4.98 Å². The van der Waals surface area contributed by atoms with Crippen LogP contribution in [0.5, 0.6) is 5.75 Å². The Morgan fingerprint density at radius 2 is 1.67 bits per heavy atom. The molecule has 0 unspecified atom stereocenters. The first-order valence-corrected chi connectivity index (χ1v) is 10.0. The Kier molecular flexibility index (Phi) is 5.53. The number of rotatable bonds is 6. The van der Waals surface area contributed by atoms with Crippen LogP contribution < -0.4 is 4.74 Å². The van der Waals surface area contributed by atoms with Gasteiger partial charge >= 0.3 is 0 Å². The summed E-state index contributed by atoms with van der Waals surface area (Å²) in [6.45, 7) is 2.15. The average Bonchev–Trinajstić information content (AvgIpc) is 3.23. The molecule has 0 radical (unpaired) electrons. The number of pyridine rings is 1. The first-order chi connectivity index (χ1) is 13.3. The highest BCUT2D eigenvalue weighted by molar-refractivity contribution is 5.42. The van der Waals surface area contributed by atoms with Crippen LogP contribution in [-0.4, -0.2) is 11.1 Å². The minimum absolute atomic E-state index is 0.306. The average molecular weight is 357 g/mol. The molecule has 1 aromatic heterocycles. The van der Waals surface area contributed by atoms with Crippen molar-refractivity contribution in [3.63, 3.8) is 0 Å². The Hall–Kier alpha value is -2.61. The van der Waals surface area contributed by atoms with E-state index in [0.29, 0.717) is 12.0 Å². The Labute approximate surface area is 162 Å². The Balaban J connectivity index is 1.66. The van der Waals surface area contributed by atoms with Crippen LogP contribution in [0.25, 0.3) is 0 Å². The quantitative estimate of drug-likeness (QED) is 0.533. The van der Waals surface area contributed by atoms with Gasteiger partial charge in [0.1, 0.15) is 5.75 Å². The molecule has 2 nitrogen and oxygen atoms in total. The number of ether oxygens (including phenoxy) is 1. The lowest BCUT2D eigenvalue weighted by molar-refractivity contribution is 0.208. The van der Waals surface area contributed by atoms with Crippen molar-refractivity contribution >= 4 is 0 Å². The topological polar surface area (TPSA) is 22.1 Å². The van der Waals surface area contributed by atoms with Crippen molar-refractivity contribution in [3.8, 4) is 5.75 Å². The van der Waals surface area contributed by atoms with Gasteiger partial charge in [-0.3, -0.25) is 4.98 Å². The van der Waals surface area contributed by atoms with E-state index in [1.807, 2.05) is 12.4 Å². The summed E-state index contributed by atoms with van der Waals surface area (Å²) in [7, 11) is 0. The molecule has 0 N–H and O–H groups in total. The van der Waals surface area contributed by atoms with E-state index >= 15 is 0 Å². The number of benzene rings is 2. The van der Waals surface area contributed by atoms with Crippen molar-refractivity contribution in [2.45, 2.75) is 51.0 Å². The van der Waals surface area contributed by atoms with E-state index in [4.69, 9.17) is 4.74 Å². The van der Waals surface area contributed by atoms with Crippen LogP contribution in [0.3, 0.4) is 0 Å². The highest BCUT2D eigenvalue weighted by Gasteiger charge is 2.20. The fraction of sp³-hybridized carbons (Fsp3) is 0.320. The minimum Gasteiger partial charge on any atom is -0.490 e. The van der Waals surface area contributed by atoms with Crippen LogP contribution in [0.15, 0.2) is 73.1 Å². The highest BCUT2D eigenvalue weighted by Crippen LogP contribution is 2.33. The molecule has 0 bridgehead atoms. The number of aromatic nitrogens is 1. The van der Waals surface area contributed by atoms with E-state index in [-0.39, 0.29) is 0 Å². The smallest absolute Gasteiger partial charge is 0.122 e. The summed E-state index contributed by atoms with van der Waals surface area (Å²) in [4.78, 5) is 4.16. The molecule has 1 heterocycles. The van der Waals surface area contributed by atoms with E-state index in [0.717, 1.165) is 12.2 Å². The van der Waals surface area contributed by atoms with Gasteiger partial charge in [-0.25, -0.2) is 0 Å². The molecular formula is C25H27NO. The molecule has 4 rings (SSSR count). The molecular weight excluding hydrogens is 330 g/mol. The van der Waals surface area contributed by atoms with Crippen molar-refractivity contribution < 1.29 is 4.74 Å². The molecule has 0 amide bonds. The third-order valence-electron chi connectivity index (χ3n) is 5.60. The molecule has 0 saturated heterocycles. The van der Waals surface area contributed by atoms with E-state index < -0.39 is 0 Å². The zero-order valence-electron chi connectivity index (χ0n) is 16.0. The lowest BCUT2D eigenvalue weighted by Crippen LogP contribution is -2.12. The highest BCUT2D eigenvalue weighted by atomic mass is 16.5. The fourth-order valence-electron chi connectivity index (χ4n) is 4.01. The minimum atomic E-state index is 0.306. The van der Waals surface area contributed by atoms with Gasteiger partial charge in [0.05, 0.1) is 6.10 Å². The van der Waals surface area contributed by atoms with Crippen LogP contribution >= 0.6 is 0 Å². The molecule has 0 aliphatic heterocycles. The van der Waals surface area contributed by atoms with Crippen molar-refractivity contribution in [2.75, 3.05) is 0 Å². The second-order valence-electron chi connectivity index (χ2n) is 7.57. The first-order valence-electron chi connectivity index (χ1n) is 10.0. The second kappa shape index (κ2) is 8.39. The maximum atomic E-state index is 6.37. The van der Waals surface area contributed by atoms with Crippen molar-refractivity contribution in [2.24, 2.45) is 0 Å². The molecule has 1 atom stereocenters. The molecule has 2 heteroatoms. The predicted molar refractivity (Wildman–Crippen MR) is 110 cm³/mol. The predicted octanol–water partition coefficient (Wildman–Crippen LogP) is 6.09. The molecule has 2 aromatic carbocycles. The van der Waals surface area contributed by atoms with Gasteiger partial charge in [-0.15, -0.1) is 0 Å². The molecule has 1 aliphatic rings. The SMILES string of the molecule is Cc1ccc([C@H](Cc2ccncc2)c2ccccc2)cc1OC1CCCC1. The molecule has 138 valence electrons. The zero-order chi connectivity index (χ0) is 18.5. The molecule has 1 saturated carbocycles. The summed E-state index contributed by atoms with van der Waals surface area (Å²) in [6.07, 6.45) is 10.0. The third kappa shape index (κ3) is 4.39. The fourth-order valence-corrected chi connectivity index (χ4v) is 4.01. The normalized spacial score (nSPS) is 15.6. The molecule has 1 fully saturated rings. The third-order valence-corrected chi connectivity index (χ3v) is 5.60. The molecule has 0 spiro atoms. The standard InChI is InChI=1S/C25H27NO/c1-19-11-12-22(18-25(19)27-23-9-5-6-10-23)24(21-7-3-2-4-8-21)17-20-13-15-26-16-14-20/h2-4,7-8,11-16,18,23-24H,5-6,9-10,17H2,1H3/t24-/m1/s1. The van der Waals surface area contributed by atoms with Crippen molar-refractivity contribution in [3.05, 3.63) is 95.3 Å². The summed E-state index contributed by atoms with van der Waals surface area (Å²) < 4.78 is 6.37. The second-order valence-corrected chi connectivity index (χ2v) is 7.57. The Bertz CT molecular complexity index is 854. The summed E-state index contributed by atoms with van der Waals surface area (Å²) in [5.41, 5.74) is 5.18.